The lowest BCUT2D eigenvalue weighted by molar-refractivity contribution is -0.134. The van der Waals surface area contributed by atoms with Crippen molar-refractivity contribution >= 4 is 11.8 Å². The number of hydrogen-bond acceptors (Lipinski definition) is 3. The fourth-order valence-electron chi connectivity index (χ4n) is 2.66. The molecule has 1 aliphatic carbocycles. The van der Waals surface area contributed by atoms with Gasteiger partial charge in [-0.15, -0.1) is 0 Å². The van der Waals surface area contributed by atoms with Crippen molar-refractivity contribution in [2.24, 2.45) is 10.8 Å². The van der Waals surface area contributed by atoms with E-state index in [9.17, 15) is 9.59 Å². The van der Waals surface area contributed by atoms with E-state index < -0.39 is 0 Å². The minimum atomic E-state index is -0.315. The van der Waals surface area contributed by atoms with E-state index in [4.69, 9.17) is 0 Å². The number of rotatable bonds is 6. The topological polar surface area (TPSA) is 43.4 Å². The molecule has 0 aromatic heterocycles. The Labute approximate surface area is 122 Å². The van der Waals surface area contributed by atoms with Crippen LogP contribution in [-0.2, 0) is 14.3 Å². The molecule has 0 saturated carbocycles. The second-order valence-electron chi connectivity index (χ2n) is 6.73. The average molecular weight is 278 g/mol. The number of allylic oxidation sites excluding steroid dienone is 3. The van der Waals surface area contributed by atoms with Crippen molar-refractivity contribution in [3.63, 3.8) is 0 Å². The predicted molar refractivity (Wildman–Crippen MR) is 80.3 cm³/mol. The highest BCUT2D eigenvalue weighted by Crippen LogP contribution is 2.42. The Hall–Kier alpha value is -1.38. The lowest BCUT2D eigenvalue weighted by Crippen LogP contribution is -2.17. The smallest absolute Gasteiger partial charge is 0.330 e. The Morgan fingerprint density at radius 1 is 1.50 bits per heavy atom. The first kappa shape index (κ1) is 16.7. The van der Waals surface area contributed by atoms with Crippen LogP contribution in [0, 0.1) is 10.8 Å². The third kappa shape index (κ3) is 4.62. The maximum atomic E-state index is 11.5. The molecule has 0 spiro atoms. The lowest BCUT2D eigenvalue weighted by atomic mass is 9.77. The van der Waals surface area contributed by atoms with Crippen molar-refractivity contribution in [1.29, 1.82) is 0 Å². The van der Waals surface area contributed by atoms with Crippen LogP contribution < -0.4 is 0 Å². The van der Waals surface area contributed by atoms with E-state index in [1.165, 1.54) is 18.8 Å². The Kier molecular flexibility index (Phi) is 5.32. The zero-order valence-electron chi connectivity index (χ0n) is 13.3. The molecule has 0 aliphatic heterocycles. The van der Waals surface area contributed by atoms with Gasteiger partial charge < -0.3 is 4.74 Å². The van der Waals surface area contributed by atoms with E-state index in [2.05, 4.69) is 25.5 Å². The zero-order valence-corrected chi connectivity index (χ0v) is 13.3. The average Bonchev–Trinajstić information content (AvgIpc) is 2.59. The molecule has 1 unspecified atom stereocenters. The van der Waals surface area contributed by atoms with Gasteiger partial charge in [-0.25, -0.2) is 4.79 Å². The molecule has 0 aromatic rings. The van der Waals surface area contributed by atoms with Gasteiger partial charge in [0.15, 0.2) is 5.78 Å². The monoisotopic (exact) mass is 278 g/mol. The SMILES string of the molecule is COC(=O)/C=C/C(C)(C)CCCC1(C)CC(=O)C=C1C. The van der Waals surface area contributed by atoms with Gasteiger partial charge in [0.2, 0.25) is 0 Å². The lowest BCUT2D eigenvalue weighted by Gasteiger charge is -2.28. The number of ketones is 1. The van der Waals surface area contributed by atoms with Crippen LogP contribution in [-0.4, -0.2) is 18.9 Å². The number of carbonyl (C=O) groups is 2. The first-order valence-electron chi connectivity index (χ1n) is 7.17. The molecule has 112 valence electrons. The molecule has 0 heterocycles. The Bertz CT molecular complexity index is 443. The molecule has 0 radical (unpaired) electrons. The maximum Gasteiger partial charge on any atom is 0.330 e. The summed E-state index contributed by atoms with van der Waals surface area (Å²) in [7, 11) is 1.38. The number of esters is 1. The summed E-state index contributed by atoms with van der Waals surface area (Å²) in [5.41, 5.74) is 1.19. The fraction of sp³-hybridized carbons (Fsp3) is 0.647. The highest BCUT2D eigenvalue weighted by molar-refractivity contribution is 5.94. The summed E-state index contributed by atoms with van der Waals surface area (Å²) in [6, 6.07) is 0. The Morgan fingerprint density at radius 3 is 2.65 bits per heavy atom. The predicted octanol–water partition coefficient (Wildman–Crippen LogP) is 3.84. The number of ether oxygens (including phenoxy) is 1. The van der Waals surface area contributed by atoms with Gasteiger partial charge in [-0.1, -0.05) is 38.8 Å². The molecular weight excluding hydrogens is 252 g/mol. The molecule has 0 N–H and O–H groups in total. The van der Waals surface area contributed by atoms with E-state index in [0.717, 1.165) is 19.3 Å². The number of hydrogen-bond donors (Lipinski definition) is 0. The molecule has 3 heteroatoms. The highest BCUT2D eigenvalue weighted by Gasteiger charge is 2.33. The van der Waals surface area contributed by atoms with Gasteiger partial charge in [-0.3, -0.25) is 4.79 Å². The zero-order chi connectivity index (χ0) is 15.4. The first-order chi connectivity index (χ1) is 9.18. The van der Waals surface area contributed by atoms with Crippen molar-refractivity contribution in [2.45, 2.75) is 53.4 Å². The summed E-state index contributed by atoms with van der Waals surface area (Å²) in [5, 5.41) is 0. The van der Waals surface area contributed by atoms with E-state index in [1.807, 2.05) is 13.0 Å². The Morgan fingerprint density at radius 2 is 2.15 bits per heavy atom. The number of carbonyl (C=O) groups excluding carboxylic acids is 2. The quantitative estimate of drug-likeness (QED) is 0.547. The molecule has 0 aromatic carbocycles. The van der Waals surface area contributed by atoms with Crippen molar-refractivity contribution < 1.29 is 14.3 Å². The van der Waals surface area contributed by atoms with Gasteiger partial charge in [0.05, 0.1) is 7.11 Å². The summed E-state index contributed by atoms with van der Waals surface area (Å²) in [6.45, 7) is 8.43. The van der Waals surface area contributed by atoms with Gasteiger partial charge in [0.25, 0.3) is 0 Å². The van der Waals surface area contributed by atoms with Gasteiger partial charge in [0, 0.05) is 12.5 Å². The van der Waals surface area contributed by atoms with Crippen LogP contribution in [0.25, 0.3) is 0 Å². The van der Waals surface area contributed by atoms with Crippen LogP contribution in [0.2, 0.25) is 0 Å². The largest absolute Gasteiger partial charge is 0.466 e. The Balaban J connectivity index is 2.48. The second kappa shape index (κ2) is 6.38. The van der Waals surface area contributed by atoms with Crippen LogP contribution in [0.15, 0.2) is 23.8 Å². The fourth-order valence-corrected chi connectivity index (χ4v) is 2.66. The summed E-state index contributed by atoms with van der Waals surface area (Å²) < 4.78 is 4.60. The molecule has 0 fully saturated rings. The molecule has 3 nitrogen and oxygen atoms in total. The molecule has 1 aliphatic rings. The third-order valence-corrected chi connectivity index (χ3v) is 4.32. The van der Waals surface area contributed by atoms with E-state index in [1.54, 1.807) is 6.08 Å². The van der Waals surface area contributed by atoms with Gasteiger partial charge in [-0.2, -0.15) is 0 Å². The molecule has 0 bridgehead atoms. The molecule has 0 amide bonds. The molecular formula is C17H26O3. The highest BCUT2D eigenvalue weighted by atomic mass is 16.5. The summed E-state index contributed by atoms with van der Waals surface area (Å²) in [5.74, 6) is -0.0694. The van der Waals surface area contributed by atoms with Crippen LogP contribution in [0.4, 0.5) is 0 Å². The van der Waals surface area contributed by atoms with Crippen LogP contribution in [0.5, 0.6) is 0 Å². The molecule has 20 heavy (non-hydrogen) atoms. The van der Waals surface area contributed by atoms with Crippen LogP contribution in [0.1, 0.15) is 53.4 Å². The molecule has 0 saturated heterocycles. The summed E-state index contributed by atoms with van der Waals surface area (Å²) in [6.07, 6.45) is 8.84. The van der Waals surface area contributed by atoms with Gasteiger partial charge in [0.1, 0.15) is 0 Å². The minimum absolute atomic E-state index is 0.0270. The van der Waals surface area contributed by atoms with E-state index in [-0.39, 0.29) is 22.6 Å². The van der Waals surface area contributed by atoms with Crippen molar-refractivity contribution in [2.75, 3.05) is 7.11 Å². The second-order valence-corrected chi connectivity index (χ2v) is 6.73. The standard InChI is InChI=1S/C17H26O3/c1-13-11-14(18)12-17(13,4)9-6-8-16(2,3)10-7-15(19)20-5/h7,10-11H,6,8-9,12H2,1-5H3/b10-7+. The van der Waals surface area contributed by atoms with Crippen LogP contribution >= 0.6 is 0 Å². The molecule has 1 atom stereocenters. The van der Waals surface area contributed by atoms with Crippen molar-refractivity contribution in [3.8, 4) is 0 Å². The summed E-state index contributed by atoms with van der Waals surface area (Å²) in [4.78, 5) is 22.6. The van der Waals surface area contributed by atoms with Crippen LogP contribution in [0.3, 0.4) is 0 Å². The normalized spacial score (nSPS) is 23.2. The maximum absolute atomic E-state index is 11.5. The van der Waals surface area contributed by atoms with Gasteiger partial charge in [-0.05, 0) is 36.7 Å². The van der Waals surface area contributed by atoms with Gasteiger partial charge >= 0.3 is 5.97 Å². The van der Waals surface area contributed by atoms with Crippen molar-refractivity contribution in [1.82, 2.24) is 0 Å². The number of methoxy groups -OCH3 is 1. The van der Waals surface area contributed by atoms with E-state index in [0.29, 0.717) is 6.42 Å². The molecule has 1 rings (SSSR count). The summed E-state index contributed by atoms with van der Waals surface area (Å²) >= 11 is 0. The van der Waals surface area contributed by atoms with Crippen molar-refractivity contribution in [3.05, 3.63) is 23.8 Å². The third-order valence-electron chi connectivity index (χ3n) is 4.32. The minimum Gasteiger partial charge on any atom is -0.466 e. The first-order valence-corrected chi connectivity index (χ1v) is 7.17. The van der Waals surface area contributed by atoms with E-state index >= 15 is 0 Å².